The van der Waals surface area contributed by atoms with Crippen LogP contribution in [0.25, 0.3) is 0 Å². The first-order valence-corrected chi connectivity index (χ1v) is 8.19. The third-order valence-electron chi connectivity index (χ3n) is 3.97. The highest BCUT2D eigenvalue weighted by Gasteiger charge is 2.24. The topological polar surface area (TPSA) is 32.3 Å². The van der Waals surface area contributed by atoms with Crippen molar-refractivity contribution in [3.63, 3.8) is 0 Å². The van der Waals surface area contributed by atoms with Crippen molar-refractivity contribution in [2.45, 2.75) is 43.8 Å². The molecular formula is C14H24N4S. The summed E-state index contributed by atoms with van der Waals surface area (Å²) in [6.45, 7) is 6.92. The van der Waals surface area contributed by atoms with E-state index in [-0.39, 0.29) is 0 Å². The van der Waals surface area contributed by atoms with Crippen molar-refractivity contribution in [3.05, 3.63) is 12.1 Å². The van der Waals surface area contributed by atoms with Gasteiger partial charge < -0.3 is 9.80 Å². The maximum Gasteiger partial charge on any atom is 0.151 e. The van der Waals surface area contributed by atoms with Gasteiger partial charge >= 0.3 is 0 Å². The van der Waals surface area contributed by atoms with E-state index in [4.69, 9.17) is 0 Å². The maximum atomic E-state index is 4.32. The number of thioether (sulfide) groups is 1. The van der Waals surface area contributed by atoms with Crippen LogP contribution >= 0.6 is 11.8 Å². The van der Waals surface area contributed by atoms with E-state index < -0.39 is 0 Å². The van der Waals surface area contributed by atoms with Crippen molar-refractivity contribution in [1.82, 2.24) is 15.1 Å². The number of piperidine rings is 1. The third kappa shape index (κ3) is 3.60. The van der Waals surface area contributed by atoms with Crippen molar-refractivity contribution < 1.29 is 0 Å². The molecule has 0 aromatic carbocycles. The average Bonchev–Trinajstić information content (AvgIpc) is 2.46. The predicted octanol–water partition coefficient (Wildman–Crippen LogP) is 2.51. The minimum Gasteiger partial charge on any atom is -0.355 e. The fourth-order valence-electron chi connectivity index (χ4n) is 2.59. The molecule has 4 nitrogen and oxygen atoms in total. The molecule has 1 aliphatic heterocycles. The summed E-state index contributed by atoms with van der Waals surface area (Å²) in [4.78, 5) is 4.83. The van der Waals surface area contributed by atoms with Crippen LogP contribution in [0.5, 0.6) is 0 Å². The first-order chi connectivity index (χ1) is 9.11. The summed E-state index contributed by atoms with van der Waals surface area (Å²) in [6, 6.07) is 5.37. The first kappa shape index (κ1) is 14.6. The van der Waals surface area contributed by atoms with E-state index in [9.17, 15) is 0 Å². The minimum atomic E-state index is 0.587. The Hall–Kier alpha value is -0.810. The zero-order valence-corrected chi connectivity index (χ0v) is 13.2. The molecule has 19 heavy (non-hydrogen) atoms. The second-order valence-corrected chi connectivity index (χ2v) is 6.23. The SMILES string of the molecule is CSc1ccc(N(C)C2CCN(C(C)C)CC2)nn1. The van der Waals surface area contributed by atoms with E-state index >= 15 is 0 Å². The van der Waals surface area contributed by atoms with Crippen molar-refractivity contribution in [3.8, 4) is 0 Å². The van der Waals surface area contributed by atoms with Crippen LogP contribution in [0.4, 0.5) is 5.82 Å². The van der Waals surface area contributed by atoms with Crippen LogP contribution in [-0.2, 0) is 0 Å². The fraction of sp³-hybridized carbons (Fsp3) is 0.714. The van der Waals surface area contributed by atoms with Crippen LogP contribution in [-0.4, -0.2) is 53.6 Å². The highest BCUT2D eigenvalue weighted by molar-refractivity contribution is 7.98. The van der Waals surface area contributed by atoms with E-state index in [2.05, 4.69) is 47.0 Å². The molecule has 5 heteroatoms. The van der Waals surface area contributed by atoms with Gasteiger partial charge in [-0.3, -0.25) is 0 Å². The van der Waals surface area contributed by atoms with Gasteiger partial charge in [0.25, 0.3) is 0 Å². The second-order valence-electron chi connectivity index (χ2n) is 5.41. The molecule has 0 bridgehead atoms. The number of aromatic nitrogens is 2. The van der Waals surface area contributed by atoms with Gasteiger partial charge in [-0.05, 0) is 45.1 Å². The molecule has 0 N–H and O–H groups in total. The summed E-state index contributed by atoms with van der Waals surface area (Å²) in [6.07, 6.45) is 4.44. The summed E-state index contributed by atoms with van der Waals surface area (Å²) < 4.78 is 0. The van der Waals surface area contributed by atoms with Crippen molar-refractivity contribution in [1.29, 1.82) is 0 Å². The van der Waals surface area contributed by atoms with Crippen LogP contribution in [0.1, 0.15) is 26.7 Å². The Morgan fingerprint density at radius 2 is 1.95 bits per heavy atom. The molecule has 0 aliphatic carbocycles. The molecule has 1 aliphatic rings. The molecule has 0 unspecified atom stereocenters. The van der Waals surface area contributed by atoms with Gasteiger partial charge in [-0.25, -0.2) is 0 Å². The van der Waals surface area contributed by atoms with Crippen molar-refractivity contribution >= 4 is 17.6 Å². The lowest BCUT2D eigenvalue weighted by Crippen LogP contribution is -2.46. The van der Waals surface area contributed by atoms with E-state index in [1.807, 2.05) is 12.3 Å². The third-order valence-corrected chi connectivity index (χ3v) is 4.61. The first-order valence-electron chi connectivity index (χ1n) is 6.96. The van der Waals surface area contributed by atoms with Gasteiger partial charge in [0.1, 0.15) is 5.03 Å². The minimum absolute atomic E-state index is 0.587. The molecule has 0 spiro atoms. The van der Waals surface area contributed by atoms with Crippen LogP contribution in [0.2, 0.25) is 0 Å². The Morgan fingerprint density at radius 1 is 1.26 bits per heavy atom. The van der Waals surface area contributed by atoms with Crippen LogP contribution in [0, 0.1) is 0 Å². The van der Waals surface area contributed by atoms with Gasteiger partial charge in [-0.2, -0.15) is 0 Å². The van der Waals surface area contributed by atoms with Crippen LogP contribution < -0.4 is 4.90 Å². The predicted molar refractivity (Wildman–Crippen MR) is 81.9 cm³/mol. The highest BCUT2D eigenvalue weighted by Crippen LogP contribution is 2.22. The molecule has 2 rings (SSSR count). The Bertz CT molecular complexity index is 385. The lowest BCUT2D eigenvalue weighted by atomic mass is 10.0. The van der Waals surface area contributed by atoms with Crippen LogP contribution in [0.3, 0.4) is 0 Å². The quantitative estimate of drug-likeness (QED) is 0.791. The molecule has 1 aromatic rings. The average molecular weight is 280 g/mol. The standard InChI is InChI=1S/C14H24N4S/c1-11(2)18-9-7-12(8-10-18)17(3)13-5-6-14(19-4)16-15-13/h5-6,11-12H,7-10H2,1-4H3. The molecule has 1 aromatic heterocycles. The van der Waals surface area contributed by atoms with E-state index in [1.54, 1.807) is 11.8 Å². The zero-order valence-electron chi connectivity index (χ0n) is 12.3. The number of anilines is 1. The zero-order chi connectivity index (χ0) is 13.8. The molecule has 0 atom stereocenters. The number of hydrogen-bond donors (Lipinski definition) is 0. The number of hydrogen-bond acceptors (Lipinski definition) is 5. The lowest BCUT2D eigenvalue weighted by Gasteiger charge is -2.38. The molecular weight excluding hydrogens is 256 g/mol. The van der Waals surface area contributed by atoms with Gasteiger partial charge in [0.2, 0.25) is 0 Å². The fourth-order valence-corrected chi connectivity index (χ4v) is 2.91. The second kappa shape index (κ2) is 6.57. The number of likely N-dealkylation sites (tertiary alicyclic amines) is 1. The van der Waals surface area contributed by atoms with Gasteiger partial charge in [0.15, 0.2) is 5.82 Å². The highest BCUT2D eigenvalue weighted by atomic mass is 32.2. The van der Waals surface area contributed by atoms with Crippen molar-refractivity contribution in [2.24, 2.45) is 0 Å². The van der Waals surface area contributed by atoms with Gasteiger partial charge in [0.05, 0.1) is 0 Å². The smallest absolute Gasteiger partial charge is 0.151 e. The van der Waals surface area contributed by atoms with E-state index in [0.717, 1.165) is 10.8 Å². The molecule has 0 saturated carbocycles. The van der Waals surface area contributed by atoms with Gasteiger partial charge in [-0.15, -0.1) is 22.0 Å². The maximum absolute atomic E-state index is 4.32. The summed E-state index contributed by atoms with van der Waals surface area (Å²) in [5.41, 5.74) is 0. The Kier molecular flexibility index (Phi) is 5.05. The summed E-state index contributed by atoms with van der Waals surface area (Å²) in [7, 11) is 2.14. The molecule has 0 amide bonds. The summed E-state index contributed by atoms with van der Waals surface area (Å²) in [5, 5.41) is 9.52. The van der Waals surface area contributed by atoms with Crippen LogP contribution in [0.15, 0.2) is 17.2 Å². The number of nitrogens with zero attached hydrogens (tertiary/aromatic N) is 4. The van der Waals surface area contributed by atoms with Crippen molar-refractivity contribution in [2.75, 3.05) is 31.3 Å². The number of rotatable bonds is 4. The Balaban J connectivity index is 1.94. The Morgan fingerprint density at radius 3 is 2.42 bits per heavy atom. The normalized spacial score (nSPS) is 17.9. The monoisotopic (exact) mass is 280 g/mol. The summed E-state index contributed by atoms with van der Waals surface area (Å²) in [5.74, 6) is 0.987. The molecule has 106 valence electrons. The molecule has 1 fully saturated rings. The lowest BCUT2D eigenvalue weighted by molar-refractivity contribution is 0.171. The summed E-state index contributed by atoms with van der Waals surface area (Å²) >= 11 is 1.63. The molecule has 1 saturated heterocycles. The van der Waals surface area contributed by atoms with E-state index in [1.165, 1.54) is 25.9 Å². The molecule has 2 heterocycles. The Labute approximate surface area is 120 Å². The van der Waals surface area contributed by atoms with Gasteiger partial charge in [0, 0.05) is 32.2 Å². The van der Waals surface area contributed by atoms with Gasteiger partial charge in [-0.1, -0.05) is 0 Å². The largest absolute Gasteiger partial charge is 0.355 e. The van der Waals surface area contributed by atoms with E-state index in [0.29, 0.717) is 12.1 Å². The molecule has 0 radical (unpaired) electrons.